The van der Waals surface area contributed by atoms with E-state index >= 15 is 0 Å². The van der Waals surface area contributed by atoms with Gasteiger partial charge in [0.15, 0.2) is 0 Å². The third-order valence-electron chi connectivity index (χ3n) is 2.93. The first-order valence-corrected chi connectivity index (χ1v) is 9.48. The summed E-state index contributed by atoms with van der Waals surface area (Å²) in [6.45, 7) is 4.28. The van der Waals surface area contributed by atoms with Crippen LogP contribution in [0.15, 0.2) is 23.7 Å². The van der Waals surface area contributed by atoms with E-state index in [1.807, 2.05) is 24.4 Å². The quantitative estimate of drug-likeness (QED) is 0.793. The molecule has 0 atom stereocenters. The molecule has 120 valence electrons. The predicted octanol–water partition coefficient (Wildman–Crippen LogP) is 1.91. The van der Waals surface area contributed by atoms with Gasteiger partial charge in [-0.15, -0.1) is 11.3 Å². The fraction of sp³-hybridized carbons (Fsp3) is 0.429. The number of aromatic nitrogens is 2. The lowest BCUT2D eigenvalue weighted by molar-refractivity contribution is 0.304. The number of pyridine rings is 1. The van der Waals surface area contributed by atoms with E-state index in [1.165, 1.54) is 11.3 Å². The highest BCUT2D eigenvalue weighted by Crippen LogP contribution is 2.15. The second-order valence-electron chi connectivity index (χ2n) is 4.70. The highest BCUT2D eigenvalue weighted by atomic mass is 32.2. The SMILES string of the molecule is CCS(=O)(=O)NCCc1csc(COc2ccc(C)nc2)n1. The van der Waals surface area contributed by atoms with Crippen LogP contribution in [0.3, 0.4) is 0 Å². The zero-order valence-corrected chi connectivity index (χ0v) is 14.2. The molecule has 2 aromatic heterocycles. The van der Waals surface area contributed by atoms with Gasteiger partial charge in [-0.25, -0.2) is 18.1 Å². The number of thiazole rings is 1. The van der Waals surface area contributed by atoms with Crippen molar-refractivity contribution in [2.24, 2.45) is 0 Å². The normalized spacial score (nSPS) is 11.5. The van der Waals surface area contributed by atoms with Crippen molar-refractivity contribution >= 4 is 21.4 Å². The highest BCUT2D eigenvalue weighted by Gasteiger charge is 2.07. The van der Waals surface area contributed by atoms with Gasteiger partial charge < -0.3 is 4.74 Å². The van der Waals surface area contributed by atoms with Crippen LogP contribution >= 0.6 is 11.3 Å². The lowest BCUT2D eigenvalue weighted by Crippen LogP contribution is -2.27. The topological polar surface area (TPSA) is 81.2 Å². The molecule has 0 radical (unpaired) electrons. The van der Waals surface area contributed by atoms with E-state index in [9.17, 15) is 8.42 Å². The summed E-state index contributed by atoms with van der Waals surface area (Å²) >= 11 is 1.50. The average Bonchev–Trinajstić information content (AvgIpc) is 2.94. The standard InChI is InChI=1S/C14H19N3O3S2/c1-3-22(18,19)16-7-6-12-10-21-14(17-12)9-20-13-5-4-11(2)15-8-13/h4-5,8,10,16H,3,6-7,9H2,1-2H3. The minimum atomic E-state index is -3.14. The lowest BCUT2D eigenvalue weighted by atomic mass is 10.3. The van der Waals surface area contributed by atoms with Gasteiger partial charge in [0.2, 0.25) is 10.0 Å². The molecule has 2 aromatic rings. The summed E-state index contributed by atoms with van der Waals surface area (Å²) in [5.41, 5.74) is 1.81. The van der Waals surface area contributed by atoms with Gasteiger partial charge >= 0.3 is 0 Å². The Balaban J connectivity index is 1.80. The fourth-order valence-corrected chi connectivity index (χ4v) is 3.01. The molecule has 22 heavy (non-hydrogen) atoms. The lowest BCUT2D eigenvalue weighted by Gasteiger charge is -2.03. The summed E-state index contributed by atoms with van der Waals surface area (Å²) in [4.78, 5) is 8.59. The Morgan fingerprint density at radius 1 is 1.36 bits per heavy atom. The van der Waals surface area contributed by atoms with E-state index < -0.39 is 10.0 Å². The molecule has 1 N–H and O–H groups in total. The zero-order chi connectivity index (χ0) is 16.0. The Morgan fingerprint density at radius 3 is 2.86 bits per heavy atom. The molecular formula is C14H19N3O3S2. The van der Waals surface area contributed by atoms with Crippen LogP contribution in [0.1, 0.15) is 23.3 Å². The van der Waals surface area contributed by atoms with Gasteiger partial charge in [0.25, 0.3) is 0 Å². The van der Waals surface area contributed by atoms with Crippen LogP contribution < -0.4 is 9.46 Å². The molecule has 0 bridgehead atoms. The second-order valence-corrected chi connectivity index (χ2v) is 7.74. The average molecular weight is 341 g/mol. The maximum Gasteiger partial charge on any atom is 0.211 e. The van der Waals surface area contributed by atoms with E-state index in [2.05, 4.69) is 14.7 Å². The van der Waals surface area contributed by atoms with Crippen molar-refractivity contribution in [2.75, 3.05) is 12.3 Å². The number of aryl methyl sites for hydroxylation is 1. The zero-order valence-electron chi connectivity index (χ0n) is 12.6. The molecule has 0 saturated heterocycles. The Bertz CT molecular complexity index is 696. The molecular weight excluding hydrogens is 322 g/mol. The van der Waals surface area contributed by atoms with Gasteiger partial charge in [-0.2, -0.15) is 0 Å². The van der Waals surface area contributed by atoms with Crippen molar-refractivity contribution in [2.45, 2.75) is 26.9 Å². The van der Waals surface area contributed by atoms with Crippen LogP contribution in [0, 0.1) is 6.92 Å². The van der Waals surface area contributed by atoms with Gasteiger partial charge in [0.1, 0.15) is 17.4 Å². The van der Waals surface area contributed by atoms with E-state index in [0.717, 1.165) is 16.4 Å². The van der Waals surface area contributed by atoms with Gasteiger partial charge in [-0.3, -0.25) is 4.98 Å². The van der Waals surface area contributed by atoms with Crippen molar-refractivity contribution in [3.05, 3.63) is 40.1 Å². The first kappa shape index (κ1) is 16.9. The largest absolute Gasteiger partial charge is 0.485 e. The number of sulfonamides is 1. The molecule has 2 heterocycles. The molecule has 0 aromatic carbocycles. The summed E-state index contributed by atoms with van der Waals surface area (Å²) < 4.78 is 30.8. The van der Waals surface area contributed by atoms with Gasteiger partial charge in [-0.1, -0.05) is 0 Å². The number of hydrogen-bond acceptors (Lipinski definition) is 6. The van der Waals surface area contributed by atoms with Crippen molar-refractivity contribution in [3.8, 4) is 5.75 Å². The number of hydrogen-bond donors (Lipinski definition) is 1. The van der Waals surface area contributed by atoms with Crippen LogP contribution in [-0.2, 0) is 23.1 Å². The summed E-state index contributed by atoms with van der Waals surface area (Å²) in [5, 5.41) is 2.78. The Kier molecular flexibility index (Phi) is 5.87. The third kappa shape index (κ3) is 5.36. The number of rotatable bonds is 8. The first-order valence-electron chi connectivity index (χ1n) is 6.94. The third-order valence-corrected chi connectivity index (χ3v) is 5.20. The molecule has 0 aliphatic heterocycles. The Hall–Kier alpha value is -1.51. The summed E-state index contributed by atoms with van der Waals surface area (Å²) in [6, 6.07) is 3.76. The predicted molar refractivity (Wildman–Crippen MR) is 86.6 cm³/mol. The van der Waals surface area contributed by atoms with Gasteiger partial charge in [0.05, 0.1) is 17.6 Å². The number of nitrogens with one attached hydrogen (secondary N) is 1. The molecule has 0 amide bonds. The van der Waals surface area contributed by atoms with Crippen LogP contribution in [0.25, 0.3) is 0 Å². The number of ether oxygens (including phenoxy) is 1. The fourth-order valence-electron chi connectivity index (χ4n) is 1.65. The molecule has 0 fully saturated rings. The van der Waals surface area contributed by atoms with E-state index in [4.69, 9.17) is 4.74 Å². The van der Waals surface area contributed by atoms with Crippen molar-refractivity contribution in [3.63, 3.8) is 0 Å². The minimum Gasteiger partial charge on any atom is -0.485 e. The molecule has 0 aliphatic carbocycles. The monoisotopic (exact) mass is 341 g/mol. The maximum absolute atomic E-state index is 11.3. The molecule has 0 unspecified atom stereocenters. The number of nitrogens with zero attached hydrogens (tertiary/aromatic N) is 2. The van der Waals surface area contributed by atoms with Crippen molar-refractivity contribution in [1.82, 2.24) is 14.7 Å². The Morgan fingerprint density at radius 2 is 2.18 bits per heavy atom. The summed E-state index contributed by atoms with van der Waals surface area (Å²) in [5.74, 6) is 0.798. The highest BCUT2D eigenvalue weighted by molar-refractivity contribution is 7.89. The van der Waals surface area contributed by atoms with Crippen LogP contribution in [0.4, 0.5) is 0 Å². The van der Waals surface area contributed by atoms with Crippen LogP contribution in [-0.4, -0.2) is 30.7 Å². The summed E-state index contributed by atoms with van der Waals surface area (Å²) in [6.07, 6.45) is 2.26. The second kappa shape index (κ2) is 7.66. The smallest absolute Gasteiger partial charge is 0.211 e. The van der Waals surface area contributed by atoms with Gasteiger partial charge in [0, 0.05) is 24.0 Å². The van der Waals surface area contributed by atoms with Crippen LogP contribution in [0.2, 0.25) is 0 Å². The Labute approximate surface area is 134 Å². The molecule has 0 saturated carbocycles. The van der Waals surface area contributed by atoms with Gasteiger partial charge in [-0.05, 0) is 26.0 Å². The van der Waals surface area contributed by atoms with E-state index in [1.54, 1.807) is 13.1 Å². The minimum absolute atomic E-state index is 0.0910. The van der Waals surface area contributed by atoms with Crippen molar-refractivity contribution in [1.29, 1.82) is 0 Å². The van der Waals surface area contributed by atoms with Crippen LogP contribution in [0.5, 0.6) is 5.75 Å². The maximum atomic E-state index is 11.3. The first-order chi connectivity index (χ1) is 10.5. The van der Waals surface area contributed by atoms with E-state index in [-0.39, 0.29) is 5.75 Å². The molecule has 8 heteroatoms. The molecule has 0 aliphatic rings. The molecule has 2 rings (SSSR count). The summed E-state index contributed by atoms with van der Waals surface area (Å²) in [7, 11) is -3.14. The molecule has 0 spiro atoms. The van der Waals surface area contributed by atoms with Crippen molar-refractivity contribution < 1.29 is 13.2 Å². The molecule has 6 nitrogen and oxygen atoms in total. The van der Waals surface area contributed by atoms with E-state index in [0.29, 0.717) is 25.3 Å².